The van der Waals surface area contributed by atoms with Crippen molar-refractivity contribution in [2.45, 2.75) is 39.3 Å². The maximum atomic E-state index is 12.4. The molecule has 0 aromatic rings. The Morgan fingerprint density at radius 1 is 1.10 bits per heavy atom. The lowest BCUT2D eigenvalue weighted by molar-refractivity contribution is -0.135. The van der Waals surface area contributed by atoms with Crippen molar-refractivity contribution in [3.63, 3.8) is 0 Å². The summed E-state index contributed by atoms with van der Waals surface area (Å²) in [6.07, 6.45) is 0.670. The van der Waals surface area contributed by atoms with Gasteiger partial charge in [-0.05, 0) is 20.4 Å². The third-order valence-electron chi connectivity index (χ3n) is 4.91. The molecule has 1 amide bonds. The van der Waals surface area contributed by atoms with Crippen LogP contribution in [0.1, 0.15) is 27.2 Å². The third kappa shape index (κ3) is 3.93. The summed E-state index contributed by atoms with van der Waals surface area (Å²) in [5.74, 6) is 0.323. The topological polar surface area (TPSA) is 38.8 Å². The van der Waals surface area contributed by atoms with Crippen molar-refractivity contribution in [1.29, 1.82) is 0 Å². The van der Waals surface area contributed by atoms with Crippen LogP contribution in [0.25, 0.3) is 0 Å². The Labute approximate surface area is 123 Å². The predicted molar refractivity (Wildman–Crippen MR) is 81.8 cm³/mol. The summed E-state index contributed by atoms with van der Waals surface area (Å²) in [5.41, 5.74) is 0. The van der Waals surface area contributed by atoms with Gasteiger partial charge in [0.1, 0.15) is 0 Å². The SMILES string of the molecule is CCN1CCN(CCC(=O)N2CCNC(C)C2C)CC1. The number of amides is 1. The first kappa shape index (κ1) is 15.7. The Morgan fingerprint density at radius 3 is 2.40 bits per heavy atom. The highest BCUT2D eigenvalue weighted by Crippen LogP contribution is 2.11. The van der Waals surface area contributed by atoms with Crippen LogP contribution in [0.4, 0.5) is 0 Å². The van der Waals surface area contributed by atoms with Crippen molar-refractivity contribution in [2.75, 3.05) is 52.4 Å². The van der Waals surface area contributed by atoms with Crippen molar-refractivity contribution in [2.24, 2.45) is 0 Å². The molecule has 0 bridgehead atoms. The fraction of sp³-hybridized carbons (Fsp3) is 0.933. The lowest BCUT2D eigenvalue weighted by Crippen LogP contribution is -2.57. The van der Waals surface area contributed by atoms with Gasteiger partial charge in [0.05, 0.1) is 0 Å². The van der Waals surface area contributed by atoms with Gasteiger partial charge >= 0.3 is 0 Å². The lowest BCUT2D eigenvalue weighted by Gasteiger charge is -2.39. The Balaban J connectivity index is 1.72. The Bertz CT molecular complexity index is 315. The third-order valence-corrected chi connectivity index (χ3v) is 4.91. The van der Waals surface area contributed by atoms with E-state index in [1.165, 1.54) is 0 Å². The fourth-order valence-corrected chi connectivity index (χ4v) is 3.14. The van der Waals surface area contributed by atoms with Crippen LogP contribution in [-0.2, 0) is 4.79 Å². The highest BCUT2D eigenvalue weighted by molar-refractivity contribution is 5.77. The largest absolute Gasteiger partial charge is 0.337 e. The van der Waals surface area contributed by atoms with E-state index in [4.69, 9.17) is 0 Å². The molecule has 116 valence electrons. The molecule has 20 heavy (non-hydrogen) atoms. The number of nitrogens with zero attached hydrogens (tertiary/aromatic N) is 3. The normalized spacial score (nSPS) is 29.6. The molecule has 2 unspecified atom stereocenters. The maximum absolute atomic E-state index is 12.4. The predicted octanol–water partition coefficient (Wildman–Crippen LogP) is 0.223. The van der Waals surface area contributed by atoms with Crippen LogP contribution in [0.5, 0.6) is 0 Å². The number of carbonyl (C=O) groups excluding carboxylic acids is 1. The van der Waals surface area contributed by atoms with E-state index in [1.54, 1.807) is 0 Å². The van der Waals surface area contributed by atoms with Gasteiger partial charge in [0.15, 0.2) is 0 Å². The molecule has 2 fully saturated rings. The minimum absolute atomic E-state index is 0.313. The van der Waals surface area contributed by atoms with Crippen molar-refractivity contribution in [3.05, 3.63) is 0 Å². The number of rotatable bonds is 4. The quantitative estimate of drug-likeness (QED) is 0.801. The second-order valence-electron chi connectivity index (χ2n) is 6.10. The average Bonchev–Trinajstić information content (AvgIpc) is 2.48. The minimum atomic E-state index is 0.313. The lowest BCUT2D eigenvalue weighted by atomic mass is 10.1. The first-order chi connectivity index (χ1) is 9.61. The molecule has 0 radical (unpaired) electrons. The minimum Gasteiger partial charge on any atom is -0.337 e. The van der Waals surface area contributed by atoms with E-state index < -0.39 is 0 Å². The first-order valence-electron chi connectivity index (χ1n) is 8.09. The van der Waals surface area contributed by atoms with E-state index in [0.29, 0.717) is 24.4 Å². The van der Waals surface area contributed by atoms with E-state index in [0.717, 1.165) is 52.4 Å². The maximum Gasteiger partial charge on any atom is 0.224 e. The molecule has 5 nitrogen and oxygen atoms in total. The Hall–Kier alpha value is -0.650. The van der Waals surface area contributed by atoms with E-state index in [2.05, 4.69) is 40.8 Å². The molecule has 2 rings (SSSR count). The van der Waals surface area contributed by atoms with Gasteiger partial charge in [-0.3, -0.25) is 4.79 Å². The summed E-state index contributed by atoms with van der Waals surface area (Å²) in [6, 6.07) is 0.717. The van der Waals surface area contributed by atoms with Crippen molar-refractivity contribution in [1.82, 2.24) is 20.0 Å². The zero-order valence-corrected chi connectivity index (χ0v) is 13.3. The second kappa shape index (κ2) is 7.38. The number of carbonyl (C=O) groups is 1. The number of likely N-dealkylation sites (N-methyl/N-ethyl adjacent to an activating group) is 1. The molecule has 5 heteroatoms. The Morgan fingerprint density at radius 2 is 1.75 bits per heavy atom. The smallest absolute Gasteiger partial charge is 0.224 e. The molecule has 0 aromatic heterocycles. The van der Waals surface area contributed by atoms with E-state index >= 15 is 0 Å². The van der Waals surface area contributed by atoms with Gasteiger partial charge in [0, 0.05) is 64.3 Å². The molecule has 2 heterocycles. The molecule has 2 saturated heterocycles. The fourth-order valence-electron chi connectivity index (χ4n) is 3.14. The van der Waals surface area contributed by atoms with Gasteiger partial charge in [-0.2, -0.15) is 0 Å². The summed E-state index contributed by atoms with van der Waals surface area (Å²) < 4.78 is 0. The van der Waals surface area contributed by atoms with Crippen LogP contribution in [0.15, 0.2) is 0 Å². The summed E-state index contributed by atoms with van der Waals surface area (Å²) in [7, 11) is 0. The van der Waals surface area contributed by atoms with Crippen LogP contribution < -0.4 is 5.32 Å². The number of hydrogen-bond donors (Lipinski definition) is 1. The highest BCUT2D eigenvalue weighted by atomic mass is 16.2. The van der Waals surface area contributed by atoms with Gasteiger partial charge in [-0.1, -0.05) is 6.92 Å². The summed E-state index contributed by atoms with van der Waals surface area (Å²) >= 11 is 0. The van der Waals surface area contributed by atoms with Gasteiger partial charge in [0.2, 0.25) is 5.91 Å². The van der Waals surface area contributed by atoms with Gasteiger partial charge in [-0.15, -0.1) is 0 Å². The standard InChI is InChI=1S/C15H30N4O/c1-4-17-9-11-18(12-10-17)7-5-15(20)19-8-6-16-13(2)14(19)3/h13-14,16H,4-12H2,1-3H3. The molecule has 0 aromatic carbocycles. The second-order valence-corrected chi connectivity index (χ2v) is 6.10. The van der Waals surface area contributed by atoms with Crippen LogP contribution in [-0.4, -0.2) is 85.0 Å². The molecule has 0 saturated carbocycles. The molecule has 2 aliphatic heterocycles. The number of hydrogen-bond acceptors (Lipinski definition) is 4. The monoisotopic (exact) mass is 282 g/mol. The van der Waals surface area contributed by atoms with Gasteiger partial charge in [-0.25, -0.2) is 0 Å². The molecular formula is C15H30N4O. The van der Waals surface area contributed by atoms with Gasteiger partial charge < -0.3 is 20.0 Å². The summed E-state index contributed by atoms with van der Waals surface area (Å²) in [5, 5.41) is 3.42. The average molecular weight is 282 g/mol. The van der Waals surface area contributed by atoms with E-state index in [9.17, 15) is 4.79 Å². The first-order valence-corrected chi connectivity index (χ1v) is 8.09. The molecule has 2 atom stereocenters. The Kier molecular flexibility index (Phi) is 5.81. The zero-order chi connectivity index (χ0) is 14.5. The number of nitrogens with one attached hydrogen (secondary N) is 1. The van der Waals surface area contributed by atoms with E-state index in [1.807, 2.05) is 0 Å². The van der Waals surface area contributed by atoms with Crippen molar-refractivity contribution >= 4 is 5.91 Å². The molecule has 0 aliphatic carbocycles. The van der Waals surface area contributed by atoms with Crippen LogP contribution in [0, 0.1) is 0 Å². The zero-order valence-electron chi connectivity index (χ0n) is 13.3. The van der Waals surface area contributed by atoms with Crippen LogP contribution in [0.3, 0.4) is 0 Å². The van der Waals surface area contributed by atoms with E-state index in [-0.39, 0.29) is 0 Å². The number of piperazine rings is 2. The summed E-state index contributed by atoms with van der Waals surface area (Å²) in [6.45, 7) is 14.9. The highest BCUT2D eigenvalue weighted by Gasteiger charge is 2.28. The van der Waals surface area contributed by atoms with Gasteiger partial charge in [0.25, 0.3) is 0 Å². The molecule has 2 aliphatic rings. The molecule has 1 N–H and O–H groups in total. The molecular weight excluding hydrogens is 252 g/mol. The van der Waals surface area contributed by atoms with Crippen LogP contribution in [0.2, 0.25) is 0 Å². The molecule has 0 spiro atoms. The van der Waals surface area contributed by atoms with Crippen LogP contribution >= 0.6 is 0 Å². The van der Waals surface area contributed by atoms with Crippen molar-refractivity contribution < 1.29 is 4.79 Å². The van der Waals surface area contributed by atoms with Crippen molar-refractivity contribution in [3.8, 4) is 0 Å². The summed E-state index contributed by atoms with van der Waals surface area (Å²) in [4.78, 5) is 19.3.